The Kier molecular flexibility index (Phi) is 4.87. The van der Waals surface area contributed by atoms with Crippen molar-refractivity contribution >= 4 is 44.1 Å². The van der Waals surface area contributed by atoms with E-state index >= 15 is 0 Å². The topological polar surface area (TPSA) is 75.1 Å². The number of hydrogen-bond acceptors (Lipinski definition) is 5. The highest BCUT2D eigenvalue weighted by Crippen LogP contribution is 2.44. The highest BCUT2D eigenvalue weighted by Gasteiger charge is 2.30. The second-order valence-electron chi connectivity index (χ2n) is 7.90. The Balaban J connectivity index is 1.70. The van der Waals surface area contributed by atoms with E-state index in [2.05, 4.69) is 58.6 Å². The summed E-state index contributed by atoms with van der Waals surface area (Å²) in [6.45, 7) is 2.15. The van der Waals surface area contributed by atoms with E-state index in [0.29, 0.717) is 18.2 Å². The van der Waals surface area contributed by atoms with Crippen molar-refractivity contribution in [3.63, 3.8) is 0 Å². The molecule has 1 saturated carbocycles. The van der Waals surface area contributed by atoms with Crippen LogP contribution in [-0.4, -0.2) is 27.1 Å². The number of anilines is 1. The summed E-state index contributed by atoms with van der Waals surface area (Å²) in [5.41, 5.74) is 2.26. The second-order valence-corrected chi connectivity index (χ2v) is 8.98. The molecule has 152 valence electrons. The normalized spacial score (nSPS) is 14.8. The van der Waals surface area contributed by atoms with E-state index < -0.39 is 12.0 Å². The number of benzene rings is 2. The van der Waals surface area contributed by atoms with Crippen LogP contribution in [0.15, 0.2) is 48.8 Å². The van der Waals surface area contributed by atoms with Gasteiger partial charge in [-0.2, -0.15) is 0 Å². The lowest BCUT2D eigenvalue weighted by atomic mass is 9.96. The zero-order chi connectivity index (χ0) is 20.7. The maximum absolute atomic E-state index is 11.9. The number of carboxylic acid groups (broad SMARTS) is 1. The van der Waals surface area contributed by atoms with Crippen LogP contribution in [0.1, 0.15) is 31.1 Å². The molecule has 6 heteroatoms. The predicted octanol–water partition coefficient (Wildman–Crippen LogP) is 5.74. The lowest BCUT2D eigenvalue weighted by molar-refractivity contribution is -0.138. The standard InChI is InChI=1S/C24H23N3O2S/c1-2-19-20(17-9-5-7-15-6-3-4-8-16(15)17)21-22(25-13-26-23(21)30-19)27-18(24(28)29)12-14-10-11-14/h3-9,13-14,18H,2,10-12H2,1H3,(H,28,29)(H,25,26,27)/t18-/m1/s1. The molecule has 1 fully saturated rings. The molecule has 2 heterocycles. The molecule has 0 spiro atoms. The van der Waals surface area contributed by atoms with Gasteiger partial charge < -0.3 is 10.4 Å². The monoisotopic (exact) mass is 417 g/mol. The summed E-state index contributed by atoms with van der Waals surface area (Å²) in [5.74, 6) is 0.292. The molecule has 2 aromatic heterocycles. The minimum atomic E-state index is -0.827. The van der Waals surface area contributed by atoms with E-state index in [1.807, 2.05) is 6.07 Å². The number of fused-ring (bicyclic) bond motifs is 2. The smallest absolute Gasteiger partial charge is 0.326 e. The number of hydrogen-bond donors (Lipinski definition) is 2. The summed E-state index contributed by atoms with van der Waals surface area (Å²) in [6, 6.07) is 14.0. The van der Waals surface area contributed by atoms with Crippen molar-refractivity contribution in [1.82, 2.24) is 9.97 Å². The summed E-state index contributed by atoms with van der Waals surface area (Å²) in [4.78, 5) is 23.0. The van der Waals surface area contributed by atoms with Gasteiger partial charge in [0, 0.05) is 10.4 Å². The van der Waals surface area contributed by atoms with Crippen LogP contribution in [0, 0.1) is 5.92 Å². The Morgan fingerprint density at radius 1 is 1.20 bits per heavy atom. The van der Waals surface area contributed by atoms with Gasteiger partial charge in [-0.25, -0.2) is 14.8 Å². The molecule has 0 amide bonds. The molecule has 0 aliphatic heterocycles. The molecule has 1 aliphatic rings. The van der Waals surface area contributed by atoms with E-state index in [-0.39, 0.29) is 0 Å². The number of aliphatic carboxylic acids is 1. The molecule has 0 saturated heterocycles. The third-order valence-electron chi connectivity index (χ3n) is 5.82. The first-order valence-corrected chi connectivity index (χ1v) is 11.2. The summed E-state index contributed by atoms with van der Waals surface area (Å²) in [7, 11) is 0. The molecule has 0 bridgehead atoms. The largest absolute Gasteiger partial charge is 0.480 e. The molecule has 2 aromatic carbocycles. The maximum atomic E-state index is 11.9. The number of rotatable bonds is 7. The average molecular weight is 418 g/mol. The van der Waals surface area contributed by atoms with Gasteiger partial charge in [-0.05, 0) is 35.1 Å². The Morgan fingerprint density at radius 3 is 2.77 bits per heavy atom. The number of carbonyl (C=O) groups is 1. The number of aromatic nitrogens is 2. The molecule has 0 radical (unpaired) electrons. The Hall–Kier alpha value is -2.99. The van der Waals surface area contributed by atoms with E-state index in [0.717, 1.165) is 40.6 Å². The first-order valence-electron chi connectivity index (χ1n) is 10.4. The molecule has 5 rings (SSSR count). The van der Waals surface area contributed by atoms with Crippen molar-refractivity contribution in [2.75, 3.05) is 5.32 Å². The Bertz CT molecular complexity index is 1240. The van der Waals surface area contributed by atoms with Gasteiger partial charge in [0.1, 0.15) is 23.0 Å². The number of carboxylic acids is 1. The van der Waals surface area contributed by atoms with Crippen molar-refractivity contribution in [2.24, 2.45) is 5.92 Å². The van der Waals surface area contributed by atoms with Gasteiger partial charge in [0.25, 0.3) is 0 Å². The van der Waals surface area contributed by atoms with Crippen LogP contribution in [-0.2, 0) is 11.2 Å². The van der Waals surface area contributed by atoms with Crippen LogP contribution in [0.4, 0.5) is 5.82 Å². The zero-order valence-corrected chi connectivity index (χ0v) is 17.6. The molecule has 30 heavy (non-hydrogen) atoms. The minimum absolute atomic E-state index is 0.502. The van der Waals surface area contributed by atoms with Crippen LogP contribution in [0.2, 0.25) is 0 Å². The highest BCUT2D eigenvalue weighted by molar-refractivity contribution is 7.19. The van der Waals surface area contributed by atoms with Gasteiger partial charge in [-0.15, -0.1) is 11.3 Å². The molecule has 1 atom stereocenters. The average Bonchev–Trinajstić information content (AvgIpc) is 3.50. The third kappa shape index (κ3) is 3.41. The van der Waals surface area contributed by atoms with Crippen LogP contribution in [0.5, 0.6) is 0 Å². The molecule has 5 nitrogen and oxygen atoms in total. The van der Waals surface area contributed by atoms with E-state index in [1.165, 1.54) is 22.0 Å². The van der Waals surface area contributed by atoms with E-state index in [4.69, 9.17) is 0 Å². The van der Waals surface area contributed by atoms with Gasteiger partial charge >= 0.3 is 5.97 Å². The van der Waals surface area contributed by atoms with E-state index in [9.17, 15) is 9.90 Å². The number of nitrogens with zero attached hydrogens (tertiary/aromatic N) is 2. The first kappa shape index (κ1) is 19.0. The van der Waals surface area contributed by atoms with Gasteiger partial charge in [-0.3, -0.25) is 0 Å². The van der Waals surface area contributed by atoms with E-state index in [1.54, 1.807) is 11.3 Å². The van der Waals surface area contributed by atoms with Crippen LogP contribution < -0.4 is 5.32 Å². The Labute approximate surface area is 178 Å². The molecule has 2 N–H and O–H groups in total. The summed E-state index contributed by atoms with van der Waals surface area (Å²) < 4.78 is 0. The molecule has 4 aromatic rings. The van der Waals surface area contributed by atoms with Crippen molar-refractivity contribution < 1.29 is 9.90 Å². The predicted molar refractivity (Wildman–Crippen MR) is 122 cm³/mol. The first-order chi connectivity index (χ1) is 14.7. The number of nitrogens with one attached hydrogen (secondary N) is 1. The van der Waals surface area contributed by atoms with Crippen molar-refractivity contribution in [2.45, 2.75) is 38.6 Å². The fraction of sp³-hybridized carbons (Fsp3) is 0.292. The summed E-state index contributed by atoms with van der Waals surface area (Å²) in [6.07, 6.45) is 5.27. The fourth-order valence-electron chi connectivity index (χ4n) is 4.14. The van der Waals surface area contributed by atoms with Crippen molar-refractivity contribution in [3.05, 3.63) is 53.7 Å². The minimum Gasteiger partial charge on any atom is -0.480 e. The molecule has 1 aliphatic carbocycles. The van der Waals surface area contributed by atoms with Crippen LogP contribution in [0.3, 0.4) is 0 Å². The van der Waals surface area contributed by atoms with Gasteiger partial charge in [0.15, 0.2) is 0 Å². The highest BCUT2D eigenvalue weighted by atomic mass is 32.1. The summed E-state index contributed by atoms with van der Waals surface area (Å²) in [5, 5.41) is 16.3. The quantitative estimate of drug-likeness (QED) is 0.401. The Morgan fingerprint density at radius 2 is 2.00 bits per heavy atom. The second kappa shape index (κ2) is 7.69. The fourth-order valence-corrected chi connectivity index (χ4v) is 5.23. The maximum Gasteiger partial charge on any atom is 0.326 e. The van der Waals surface area contributed by atoms with Gasteiger partial charge in [-0.1, -0.05) is 62.2 Å². The molecular formula is C24H23N3O2S. The lowest BCUT2D eigenvalue weighted by Gasteiger charge is -2.16. The van der Waals surface area contributed by atoms with Gasteiger partial charge in [0.05, 0.1) is 5.39 Å². The number of thiophene rings is 1. The van der Waals surface area contributed by atoms with Crippen molar-refractivity contribution in [3.8, 4) is 11.1 Å². The SMILES string of the molecule is CCc1sc2ncnc(N[C@H](CC3CC3)C(=O)O)c2c1-c1cccc2ccccc12. The zero-order valence-electron chi connectivity index (χ0n) is 16.8. The number of aryl methyl sites for hydroxylation is 1. The summed E-state index contributed by atoms with van der Waals surface area (Å²) >= 11 is 1.66. The van der Waals surface area contributed by atoms with Crippen molar-refractivity contribution in [1.29, 1.82) is 0 Å². The third-order valence-corrected chi connectivity index (χ3v) is 7.06. The lowest BCUT2D eigenvalue weighted by Crippen LogP contribution is -2.30. The molecular weight excluding hydrogens is 394 g/mol. The molecule has 0 unspecified atom stereocenters. The van der Waals surface area contributed by atoms with Crippen LogP contribution in [0.25, 0.3) is 32.1 Å². The van der Waals surface area contributed by atoms with Crippen LogP contribution >= 0.6 is 11.3 Å². The van der Waals surface area contributed by atoms with Gasteiger partial charge in [0.2, 0.25) is 0 Å².